The van der Waals surface area contributed by atoms with E-state index in [1.54, 1.807) is 19.0 Å². The van der Waals surface area contributed by atoms with Gasteiger partial charge in [-0.05, 0) is 45.4 Å². The number of nitrogens with one attached hydrogen (secondary N) is 2. The van der Waals surface area contributed by atoms with E-state index in [-0.39, 0.29) is 12.5 Å². The number of hydrogen-bond donors (Lipinski definition) is 2. The molecule has 0 atom stereocenters. The molecule has 1 aliphatic carbocycles. The first kappa shape index (κ1) is 20.7. The zero-order valence-corrected chi connectivity index (χ0v) is 16.3. The first-order valence-corrected chi connectivity index (χ1v) is 9.18. The van der Waals surface area contributed by atoms with E-state index in [1.807, 2.05) is 0 Å². The molecule has 24 heavy (non-hydrogen) atoms. The maximum atomic E-state index is 11.8. The number of carbonyl (C=O) groups excluding carboxylic acids is 1. The van der Waals surface area contributed by atoms with E-state index in [2.05, 4.69) is 43.3 Å². The molecular formula is C18H36N4O2. The highest BCUT2D eigenvalue weighted by Crippen LogP contribution is 2.22. The summed E-state index contributed by atoms with van der Waals surface area (Å²) in [6.07, 6.45) is 4.96. The Kier molecular flexibility index (Phi) is 9.11. The molecule has 0 aromatic carbocycles. The Morgan fingerprint density at radius 2 is 1.79 bits per heavy atom. The Hall–Kier alpha value is -1.30. The number of likely N-dealkylation sites (N-methyl/N-ethyl adjacent to an activating group) is 1. The molecule has 1 amide bonds. The Morgan fingerprint density at radius 3 is 2.29 bits per heavy atom. The minimum absolute atomic E-state index is 0.00897. The lowest BCUT2D eigenvalue weighted by Gasteiger charge is -2.31. The minimum Gasteiger partial charge on any atom is -0.376 e. The summed E-state index contributed by atoms with van der Waals surface area (Å²) >= 11 is 0. The predicted octanol–water partition coefficient (Wildman–Crippen LogP) is 2.00. The van der Waals surface area contributed by atoms with Crippen LogP contribution in [0.2, 0.25) is 0 Å². The van der Waals surface area contributed by atoms with Crippen LogP contribution in [0.1, 0.15) is 53.4 Å². The fourth-order valence-corrected chi connectivity index (χ4v) is 2.66. The van der Waals surface area contributed by atoms with Gasteiger partial charge in [0.15, 0.2) is 5.96 Å². The van der Waals surface area contributed by atoms with Crippen LogP contribution in [-0.4, -0.2) is 62.2 Å². The van der Waals surface area contributed by atoms with Gasteiger partial charge in [0.2, 0.25) is 5.91 Å². The fourth-order valence-electron chi connectivity index (χ4n) is 2.66. The van der Waals surface area contributed by atoms with Gasteiger partial charge < -0.3 is 20.3 Å². The lowest BCUT2D eigenvalue weighted by atomic mass is 9.93. The highest BCUT2D eigenvalue weighted by molar-refractivity contribution is 5.84. The molecule has 0 heterocycles. The van der Waals surface area contributed by atoms with Crippen molar-refractivity contribution in [2.75, 3.05) is 27.2 Å². The SMILES string of the molecule is CC(C)CNC(=NCC(=O)N(C)C)NC1CCC(OC(C)C)CC1. The van der Waals surface area contributed by atoms with Crippen LogP contribution in [0.25, 0.3) is 0 Å². The van der Waals surface area contributed by atoms with Crippen LogP contribution in [0, 0.1) is 5.92 Å². The molecule has 140 valence electrons. The first-order valence-electron chi connectivity index (χ1n) is 9.18. The maximum Gasteiger partial charge on any atom is 0.243 e. The monoisotopic (exact) mass is 340 g/mol. The average Bonchev–Trinajstić information content (AvgIpc) is 2.50. The predicted molar refractivity (Wildman–Crippen MR) is 99.2 cm³/mol. The zero-order chi connectivity index (χ0) is 18.1. The fraction of sp³-hybridized carbons (Fsp3) is 0.889. The quantitative estimate of drug-likeness (QED) is 0.549. The van der Waals surface area contributed by atoms with E-state index >= 15 is 0 Å². The number of hydrogen-bond acceptors (Lipinski definition) is 3. The molecule has 2 N–H and O–H groups in total. The van der Waals surface area contributed by atoms with Crippen molar-refractivity contribution in [3.8, 4) is 0 Å². The molecular weight excluding hydrogens is 304 g/mol. The van der Waals surface area contributed by atoms with Gasteiger partial charge in [0.1, 0.15) is 6.54 Å². The van der Waals surface area contributed by atoms with Gasteiger partial charge in [-0.3, -0.25) is 4.79 Å². The normalized spacial score (nSPS) is 21.9. The summed E-state index contributed by atoms with van der Waals surface area (Å²) in [5.41, 5.74) is 0. The summed E-state index contributed by atoms with van der Waals surface area (Å²) in [5.74, 6) is 1.28. The highest BCUT2D eigenvalue weighted by atomic mass is 16.5. The van der Waals surface area contributed by atoms with Crippen molar-refractivity contribution in [2.24, 2.45) is 10.9 Å². The van der Waals surface area contributed by atoms with E-state index in [9.17, 15) is 4.79 Å². The van der Waals surface area contributed by atoms with Crippen LogP contribution in [0.3, 0.4) is 0 Å². The number of nitrogens with zero attached hydrogens (tertiary/aromatic N) is 2. The van der Waals surface area contributed by atoms with Gasteiger partial charge in [-0.15, -0.1) is 0 Å². The molecule has 0 aromatic heterocycles. The van der Waals surface area contributed by atoms with Crippen molar-refractivity contribution < 1.29 is 9.53 Å². The third-order valence-corrected chi connectivity index (χ3v) is 4.03. The number of carbonyl (C=O) groups is 1. The van der Waals surface area contributed by atoms with Gasteiger partial charge in [0.25, 0.3) is 0 Å². The smallest absolute Gasteiger partial charge is 0.243 e. The Labute approximate surface area is 147 Å². The van der Waals surface area contributed by atoms with Crippen LogP contribution < -0.4 is 10.6 Å². The summed E-state index contributed by atoms with van der Waals surface area (Å²) in [7, 11) is 3.50. The van der Waals surface area contributed by atoms with E-state index < -0.39 is 0 Å². The van der Waals surface area contributed by atoms with E-state index in [0.29, 0.717) is 24.2 Å². The average molecular weight is 341 g/mol. The first-order chi connectivity index (χ1) is 11.3. The van der Waals surface area contributed by atoms with Crippen LogP contribution in [-0.2, 0) is 9.53 Å². The summed E-state index contributed by atoms with van der Waals surface area (Å²) in [6, 6.07) is 0.393. The number of amides is 1. The molecule has 0 aliphatic heterocycles. The van der Waals surface area contributed by atoms with E-state index in [1.165, 1.54) is 0 Å². The topological polar surface area (TPSA) is 66.0 Å². The van der Waals surface area contributed by atoms with Crippen molar-refractivity contribution in [3.63, 3.8) is 0 Å². The summed E-state index contributed by atoms with van der Waals surface area (Å²) in [5, 5.41) is 6.83. The van der Waals surface area contributed by atoms with Crippen molar-refractivity contribution >= 4 is 11.9 Å². The zero-order valence-electron chi connectivity index (χ0n) is 16.3. The Balaban J connectivity index is 2.52. The van der Waals surface area contributed by atoms with E-state index in [4.69, 9.17) is 4.74 Å². The van der Waals surface area contributed by atoms with E-state index in [0.717, 1.165) is 38.2 Å². The molecule has 0 bridgehead atoms. The van der Waals surface area contributed by atoms with Crippen LogP contribution >= 0.6 is 0 Å². The molecule has 1 saturated carbocycles. The molecule has 6 nitrogen and oxygen atoms in total. The number of rotatable bonds is 7. The molecule has 0 radical (unpaired) electrons. The van der Waals surface area contributed by atoms with Gasteiger partial charge in [-0.1, -0.05) is 13.8 Å². The van der Waals surface area contributed by atoms with Crippen molar-refractivity contribution in [2.45, 2.75) is 71.6 Å². The molecule has 6 heteroatoms. The molecule has 0 aromatic rings. The second kappa shape index (κ2) is 10.5. The minimum atomic E-state index is 0.00897. The summed E-state index contributed by atoms with van der Waals surface area (Å²) < 4.78 is 5.90. The van der Waals surface area contributed by atoms with Gasteiger partial charge in [-0.2, -0.15) is 0 Å². The van der Waals surface area contributed by atoms with Crippen LogP contribution in [0.15, 0.2) is 4.99 Å². The second-order valence-corrected chi connectivity index (χ2v) is 7.53. The molecule has 1 rings (SSSR count). The standard InChI is InChI=1S/C18H36N4O2/c1-13(2)11-19-18(20-12-17(23)22(5)6)21-15-7-9-16(10-8-15)24-14(3)4/h13-16H,7-12H2,1-6H3,(H2,19,20,21). The number of guanidine groups is 1. The third kappa shape index (κ3) is 8.52. The second-order valence-electron chi connectivity index (χ2n) is 7.53. The maximum absolute atomic E-state index is 11.8. The molecule has 1 fully saturated rings. The summed E-state index contributed by atoms with van der Waals surface area (Å²) in [6.45, 7) is 9.51. The van der Waals surface area contributed by atoms with Crippen molar-refractivity contribution in [1.29, 1.82) is 0 Å². The molecule has 0 spiro atoms. The van der Waals surface area contributed by atoms with Gasteiger partial charge in [0.05, 0.1) is 12.2 Å². The Morgan fingerprint density at radius 1 is 1.17 bits per heavy atom. The lowest BCUT2D eigenvalue weighted by Crippen LogP contribution is -2.47. The highest BCUT2D eigenvalue weighted by Gasteiger charge is 2.23. The van der Waals surface area contributed by atoms with Gasteiger partial charge in [0, 0.05) is 26.7 Å². The third-order valence-electron chi connectivity index (χ3n) is 4.03. The lowest BCUT2D eigenvalue weighted by molar-refractivity contribution is -0.127. The Bertz CT molecular complexity index is 400. The van der Waals surface area contributed by atoms with Gasteiger partial charge >= 0.3 is 0 Å². The number of ether oxygens (including phenoxy) is 1. The van der Waals surface area contributed by atoms with Crippen molar-refractivity contribution in [3.05, 3.63) is 0 Å². The van der Waals surface area contributed by atoms with Crippen molar-refractivity contribution in [1.82, 2.24) is 15.5 Å². The van der Waals surface area contributed by atoms with Crippen LogP contribution in [0.5, 0.6) is 0 Å². The largest absolute Gasteiger partial charge is 0.376 e. The van der Waals surface area contributed by atoms with Gasteiger partial charge in [-0.25, -0.2) is 4.99 Å². The summed E-state index contributed by atoms with van der Waals surface area (Å²) in [4.78, 5) is 17.8. The number of aliphatic imine (C=N–C) groups is 1. The molecule has 0 unspecified atom stereocenters. The molecule has 0 saturated heterocycles. The van der Waals surface area contributed by atoms with Crippen LogP contribution in [0.4, 0.5) is 0 Å². The molecule has 1 aliphatic rings.